The molecule has 0 aliphatic carbocycles. The molecule has 0 radical (unpaired) electrons. The van der Waals surface area contributed by atoms with E-state index in [-0.39, 0.29) is 29.7 Å². The Kier molecular flexibility index (Phi) is 5.40. The number of hydrogen-bond acceptors (Lipinski definition) is 5. The Hall–Kier alpha value is -2.92. The number of fused-ring (bicyclic) bond motifs is 2. The van der Waals surface area contributed by atoms with E-state index in [0.29, 0.717) is 22.7 Å². The van der Waals surface area contributed by atoms with Crippen molar-refractivity contribution in [3.8, 4) is 11.5 Å². The van der Waals surface area contributed by atoms with Gasteiger partial charge in [0.2, 0.25) is 6.79 Å². The monoisotopic (exact) mass is 542 g/mol. The highest BCUT2D eigenvalue weighted by molar-refractivity contribution is 9.10. The van der Waals surface area contributed by atoms with Gasteiger partial charge in [0.15, 0.2) is 23.2 Å². The minimum Gasteiger partial charge on any atom is -0.454 e. The number of carbonyl (C=O) groups excluding carboxylic acids is 1. The zero-order valence-corrected chi connectivity index (χ0v) is 19.0. The minimum atomic E-state index is -4.59. The first-order valence-electron chi connectivity index (χ1n) is 9.78. The van der Waals surface area contributed by atoms with Gasteiger partial charge in [0.05, 0.1) is 6.04 Å². The lowest BCUT2D eigenvalue weighted by Crippen LogP contribution is -2.35. The molecular formula is C21H15BrClF3N4O3. The third-order valence-corrected chi connectivity index (χ3v) is 6.30. The summed E-state index contributed by atoms with van der Waals surface area (Å²) < 4.78 is 53.8. The summed E-state index contributed by atoms with van der Waals surface area (Å²) in [5.41, 5.74) is 0.698. The predicted octanol–water partition coefficient (Wildman–Crippen LogP) is 5.94. The Morgan fingerprint density at radius 1 is 1.18 bits per heavy atom. The summed E-state index contributed by atoms with van der Waals surface area (Å²) in [6.07, 6.45) is -4.90. The van der Waals surface area contributed by atoms with Crippen molar-refractivity contribution < 1.29 is 27.4 Å². The van der Waals surface area contributed by atoms with E-state index in [9.17, 15) is 18.0 Å². The van der Waals surface area contributed by atoms with Crippen LogP contribution in [0.25, 0.3) is 0 Å². The third kappa shape index (κ3) is 4.10. The van der Waals surface area contributed by atoms with Gasteiger partial charge in [-0.15, -0.1) is 0 Å². The number of hydrogen-bond donors (Lipinski definition) is 2. The number of aromatic nitrogens is 2. The van der Waals surface area contributed by atoms with Crippen LogP contribution in [0, 0.1) is 0 Å². The smallest absolute Gasteiger partial charge is 0.410 e. The van der Waals surface area contributed by atoms with E-state index in [4.69, 9.17) is 21.1 Å². The summed E-state index contributed by atoms with van der Waals surface area (Å²) in [6, 6.07) is 9.06. The molecule has 1 aromatic heterocycles. The molecule has 3 aromatic rings. The summed E-state index contributed by atoms with van der Waals surface area (Å²) in [4.78, 5) is 12.8. The predicted molar refractivity (Wildman–Crippen MR) is 118 cm³/mol. The molecule has 2 N–H and O–H groups in total. The average molecular weight is 544 g/mol. The highest BCUT2D eigenvalue weighted by Gasteiger charge is 2.47. The van der Waals surface area contributed by atoms with Gasteiger partial charge in [-0.3, -0.25) is 4.79 Å². The highest BCUT2D eigenvalue weighted by atomic mass is 79.9. The molecule has 1 amide bonds. The molecular weight excluding hydrogens is 529 g/mol. The first-order valence-corrected chi connectivity index (χ1v) is 11.0. The summed E-state index contributed by atoms with van der Waals surface area (Å²) in [5, 5.41) is 9.35. The van der Waals surface area contributed by atoms with Crippen LogP contribution in [0.1, 0.15) is 34.6 Å². The second kappa shape index (κ2) is 8.14. The molecule has 12 heteroatoms. The molecule has 5 rings (SSSR count). The number of ether oxygens (including phenoxy) is 2. The van der Waals surface area contributed by atoms with E-state index in [2.05, 4.69) is 31.7 Å². The average Bonchev–Trinajstić information content (AvgIpc) is 3.37. The zero-order chi connectivity index (χ0) is 23.3. The number of nitrogens with zero attached hydrogens (tertiary/aromatic N) is 2. The Labute approximate surface area is 198 Å². The first-order chi connectivity index (χ1) is 15.7. The fourth-order valence-corrected chi connectivity index (χ4v) is 4.34. The number of benzene rings is 2. The van der Waals surface area contributed by atoms with Crippen molar-refractivity contribution in [2.75, 3.05) is 17.4 Å². The third-order valence-electron chi connectivity index (χ3n) is 5.41. The van der Waals surface area contributed by atoms with E-state index in [1.54, 1.807) is 42.5 Å². The lowest BCUT2D eigenvalue weighted by atomic mass is 9.97. The maximum atomic E-state index is 13.9. The van der Waals surface area contributed by atoms with Crippen molar-refractivity contribution in [2.45, 2.75) is 24.7 Å². The van der Waals surface area contributed by atoms with E-state index in [1.165, 1.54) is 0 Å². The number of carbonyl (C=O) groups is 1. The van der Waals surface area contributed by atoms with Crippen molar-refractivity contribution in [1.29, 1.82) is 0 Å². The Balaban J connectivity index is 1.47. The molecule has 2 atom stereocenters. The van der Waals surface area contributed by atoms with Crippen LogP contribution in [0.4, 0.5) is 24.7 Å². The van der Waals surface area contributed by atoms with Gasteiger partial charge >= 0.3 is 6.18 Å². The van der Waals surface area contributed by atoms with E-state index in [0.717, 1.165) is 9.15 Å². The maximum Gasteiger partial charge on any atom is 0.410 e. The van der Waals surface area contributed by atoms with Crippen molar-refractivity contribution >= 4 is 44.9 Å². The second-order valence-corrected chi connectivity index (χ2v) is 8.81. The van der Waals surface area contributed by atoms with Gasteiger partial charge in [-0.1, -0.05) is 39.7 Å². The fraction of sp³-hybridized carbons (Fsp3) is 0.238. The quantitative estimate of drug-likeness (QED) is 0.428. The van der Waals surface area contributed by atoms with Crippen LogP contribution >= 0.6 is 27.5 Å². The lowest BCUT2D eigenvalue weighted by molar-refractivity contribution is -0.173. The SMILES string of the molecule is O=C(Nc1ccc2c(c1)OCO2)c1nn2c(c1Cl)NC(c1ccc(Br)cc1)CC2C(F)(F)F. The normalized spacial score (nSPS) is 19.1. The molecule has 7 nitrogen and oxygen atoms in total. The molecule has 2 unspecified atom stereocenters. The van der Waals surface area contributed by atoms with Crippen LogP contribution in [0.2, 0.25) is 5.02 Å². The van der Waals surface area contributed by atoms with Gasteiger partial charge in [0.25, 0.3) is 5.91 Å². The van der Waals surface area contributed by atoms with Gasteiger partial charge in [-0.05, 0) is 29.8 Å². The second-order valence-electron chi connectivity index (χ2n) is 7.52. The molecule has 33 heavy (non-hydrogen) atoms. The van der Waals surface area contributed by atoms with Crippen molar-refractivity contribution in [3.63, 3.8) is 0 Å². The molecule has 0 fully saturated rings. The summed E-state index contributed by atoms with van der Waals surface area (Å²) in [7, 11) is 0. The van der Waals surface area contributed by atoms with Crippen LogP contribution in [-0.4, -0.2) is 28.7 Å². The topological polar surface area (TPSA) is 77.4 Å². The summed E-state index contributed by atoms with van der Waals surface area (Å²) >= 11 is 9.68. The van der Waals surface area contributed by atoms with Crippen LogP contribution in [0.15, 0.2) is 46.9 Å². The number of amides is 1. The van der Waals surface area contributed by atoms with Crippen LogP contribution in [0.3, 0.4) is 0 Å². The number of alkyl halides is 3. The maximum absolute atomic E-state index is 13.9. The number of anilines is 2. The largest absolute Gasteiger partial charge is 0.454 e. The Morgan fingerprint density at radius 2 is 1.91 bits per heavy atom. The van der Waals surface area contributed by atoms with Crippen molar-refractivity contribution in [2.24, 2.45) is 0 Å². The molecule has 0 spiro atoms. The molecule has 3 heterocycles. The fourth-order valence-electron chi connectivity index (χ4n) is 3.81. The molecule has 2 aliphatic rings. The van der Waals surface area contributed by atoms with Crippen LogP contribution in [-0.2, 0) is 0 Å². The van der Waals surface area contributed by atoms with Gasteiger partial charge in [0, 0.05) is 22.6 Å². The molecule has 2 aromatic carbocycles. The Morgan fingerprint density at radius 3 is 2.64 bits per heavy atom. The van der Waals surface area contributed by atoms with Gasteiger partial charge in [-0.25, -0.2) is 4.68 Å². The molecule has 0 saturated heterocycles. The molecule has 0 saturated carbocycles. The summed E-state index contributed by atoms with van der Waals surface area (Å²) in [5.74, 6) is 0.163. The van der Waals surface area contributed by atoms with Gasteiger partial charge in [-0.2, -0.15) is 18.3 Å². The van der Waals surface area contributed by atoms with Crippen molar-refractivity contribution in [1.82, 2.24) is 9.78 Å². The van der Waals surface area contributed by atoms with E-state index >= 15 is 0 Å². The van der Waals surface area contributed by atoms with Crippen LogP contribution in [0.5, 0.6) is 11.5 Å². The van der Waals surface area contributed by atoms with Crippen LogP contribution < -0.4 is 20.1 Å². The molecule has 2 aliphatic heterocycles. The standard InChI is InChI=1S/C21H15BrClF3N4O3/c22-11-3-1-10(2-4-11)13-8-16(21(24,25)26)30-19(28-13)17(23)18(29-30)20(31)27-12-5-6-14-15(7-12)33-9-32-14/h1-7,13,16,28H,8-9H2,(H,27,31). The van der Waals surface area contributed by atoms with E-state index in [1.807, 2.05) is 0 Å². The van der Waals surface area contributed by atoms with Gasteiger partial charge < -0.3 is 20.1 Å². The number of halogens is 5. The first kappa shape index (κ1) is 21.9. The molecule has 0 bridgehead atoms. The summed E-state index contributed by atoms with van der Waals surface area (Å²) in [6.45, 7) is 0.0658. The number of rotatable bonds is 3. The number of nitrogens with one attached hydrogen (secondary N) is 2. The van der Waals surface area contributed by atoms with E-state index < -0.39 is 24.2 Å². The van der Waals surface area contributed by atoms with Gasteiger partial charge in [0.1, 0.15) is 10.8 Å². The lowest BCUT2D eigenvalue weighted by Gasteiger charge is -2.33. The van der Waals surface area contributed by atoms with Crippen molar-refractivity contribution in [3.05, 3.63) is 63.2 Å². The zero-order valence-electron chi connectivity index (χ0n) is 16.6. The minimum absolute atomic E-state index is 0.0611. The highest BCUT2D eigenvalue weighted by Crippen LogP contribution is 2.46. The Bertz CT molecular complexity index is 1230. The molecule has 172 valence electrons.